The van der Waals surface area contributed by atoms with Gasteiger partial charge < -0.3 is 15.4 Å². The number of hydrogen-bond donors (Lipinski definition) is 2. The van der Waals surface area contributed by atoms with Gasteiger partial charge in [0.25, 0.3) is 0 Å². The Bertz CT molecular complexity index is 700. The van der Waals surface area contributed by atoms with Crippen molar-refractivity contribution in [1.82, 2.24) is 10.6 Å². The van der Waals surface area contributed by atoms with Crippen molar-refractivity contribution in [2.24, 2.45) is 4.99 Å². The minimum atomic E-state index is -2.92. The molecule has 1 aliphatic heterocycles. The number of halogens is 2. The van der Waals surface area contributed by atoms with Gasteiger partial charge in [0.05, 0.1) is 23.1 Å². The van der Waals surface area contributed by atoms with Crippen molar-refractivity contribution in [3.05, 3.63) is 29.3 Å². The maximum atomic E-state index is 11.6. The van der Waals surface area contributed by atoms with E-state index in [-0.39, 0.29) is 47.6 Å². The normalized spacial score (nSPS) is 20.1. The van der Waals surface area contributed by atoms with Gasteiger partial charge in [0, 0.05) is 12.6 Å². The first-order valence-corrected chi connectivity index (χ1v) is 10.8. The Balaban J connectivity index is 0.00000338. The fraction of sp³-hybridized carbons (Fsp3) is 0.588. The van der Waals surface area contributed by atoms with E-state index in [2.05, 4.69) is 15.6 Å². The van der Waals surface area contributed by atoms with Gasteiger partial charge in [0.2, 0.25) is 0 Å². The zero-order chi connectivity index (χ0) is 18.3. The van der Waals surface area contributed by atoms with Crippen LogP contribution in [0.4, 0.5) is 0 Å². The van der Waals surface area contributed by atoms with Crippen LogP contribution in [0.3, 0.4) is 0 Å². The van der Waals surface area contributed by atoms with Crippen LogP contribution in [0.1, 0.15) is 26.7 Å². The number of guanidine groups is 1. The maximum Gasteiger partial charge on any atom is 0.191 e. The first-order chi connectivity index (χ1) is 11.9. The van der Waals surface area contributed by atoms with Crippen molar-refractivity contribution in [1.29, 1.82) is 0 Å². The standard InChI is InChI=1S/C17H26ClN3O3S.HI/c1-3-14(24-16-8-6-5-7-15(16)18)11-20-17(19-4-2)21-13-9-10-25(22,23)12-13;/h5-8,13-14H,3-4,9-12H2,1-2H3,(H2,19,20,21);1H. The zero-order valence-electron chi connectivity index (χ0n) is 15.1. The smallest absolute Gasteiger partial charge is 0.191 e. The summed E-state index contributed by atoms with van der Waals surface area (Å²) >= 11 is 6.14. The monoisotopic (exact) mass is 515 g/mol. The van der Waals surface area contributed by atoms with Crippen molar-refractivity contribution in [3.63, 3.8) is 0 Å². The second-order valence-electron chi connectivity index (χ2n) is 6.04. The van der Waals surface area contributed by atoms with E-state index in [0.717, 1.165) is 6.42 Å². The van der Waals surface area contributed by atoms with Gasteiger partial charge in [-0.25, -0.2) is 13.4 Å². The molecule has 0 radical (unpaired) electrons. The molecule has 0 spiro atoms. The van der Waals surface area contributed by atoms with Crippen LogP contribution in [0, 0.1) is 0 Å². The number of nitrogens with one attached hydrogen (secondary N) is 2. The molecule has 0 bridgehead atoms. The van der Waals surface area contributed by atoms with Gasteiger partial charge in [-0.1, -0.05) is 30.7 Å². The molecule has 6 nitrogen and oxygen atoms in total. The quantitative estimate of drug-likeness (QED) is 0.332. The van der Waals surface area contributed by atoms with Crippen LogP contribution in [-0.2, 0) is 9.84 Å². The van der Waals surface area contributed by atoms with E-state index in [9.17, 15) is 8.42 Å². The Labute approximate surface area is 178 Å². The van der Waals surface area contributed by atoms with Gasteiger partial charge in [-0.05, 0) is 31.9 Å². The number of ether oxygens (including phenoxy) is 1. The Morgan fingerprint density at radius 1 is 1.38 bits per heavy atom. The first kappa shape index (κ1) is 23.3. The van der Waals surface area contributed by atoms with Crippen LogP contribution >= 0.6 is 35.6 Å². The summed E-state index contributed by atoms with van der Waals surface area (Å²) in [6.45, 7) is 5.16. The number of aliphatic imine (C=N–C) groups is 1. The number of para-hydroxylation sites is 1. The van der Waals surface area contributed by atoms with Crippen molar-refractivity contribution in [3.8, 4) is 5.75 Å². The fourth-order valence-corrected chi connectivity index (χ4v) is 4.44. The molecule has 2 atom stereocenters. The summed E-state index contributed by atoms with van der Waals surface area (Å²) in [5.41, 5.74) is 0. The summed E-state index contributed by atoms with van der Waals surface area (Å²) in [6.07, 6.45) is 1.29. The van der Waals surface area contributed by atoms with Crippen molar-refractivity contribution >= 4 is 51.4 Å². The number of nitrogens with zero attached hydrogens (tertiary/aromatic N) is 1. The molecule has 26 heavy (non-hydrogen) atoms. The van der Waals surface area contributed by atoms with E-state index in [1.165, 1.54) is 0 Å². The highest BCUT2D eigenvalue weighted by Gasteiger charge is 2.28. The van der Waals surface area contributed by atoms with Crippen LogP contribution in [0.25, 0.3) is 0 Å². The molecule has 2 N–H and O–H groups in total. The number of hydrogen-bond acceptors (Lipinski definition) is 4. The molecule has 1 fully saturated rings. The summed E-state index contributed by atoms with van der Waals surface area (Å²) < 4.78 is 29.1. The highest BCUT2D eigenvalue weighted by atomic mass is 127. The third-order valence-corrected chi connectivity index (χ3v) is 6.04. The summed E-state index contributed by atoms with van der Waals surface area (Å²) in [6, 6.07) is 7.27. The molecule has 0 aliphatic carbocycles. The Hall–Kier alpha value is -0.740. The average molecular weight is 516 g/mol. The van der Waals surface area contributed by atoms with Crippen LogP contribution in [0.5, 0.6) is 5.75 Å². The highest BCUT2D eigenvalue weighted by Crippen LogP contribution is 2.24. The second-order valence-corrected chi connectivity index (χ2v) is 8.68. The summed E-state index contributed by atoms with van der Waals surface area (Å²) in [5, 5.41) is 6.93. The number of sulfone groups is 1. The molecule has 2 unspecified atom stereocenters. The minimum absolute atomic E-state index is 0. The molecular weight excluding hydrogens is 489 g/mol. The molecule has 1 heterocycles. The Kier molecular flexibility index (Phi) is 10.0. The lowest BCUT2D eigenvalue weighted by molar-refractivity contribution is 0.205. The lowest BCUT2D eigenvalue weighted by Gasteiger charge is -2.19. The van der Waals surface area contributed by atoms with E-state index in [1.807, 2.05) is 32.0 Å². The topological polar surface area (TPSA) is 79.8 Å². The Morgan fingerprint density at radius 2 is 2.12 bits per heavy atom. The molecule has 148 valence electrons. The SMILES string of the molecule is CCNC(=NCC(CC)Oc1ccccc1Cl)NC1CCS(=O)(=O)C1.I. The molecule has 1 aromatic rings. The molecule has 1 aromatic carbocycles. The van der Waals surface area contributed by atoms with Crippen LogP contribution in [-0.4, -0.2) is 51.1 Å². The third kappa shape index (κ3) is 7.48. The van der Waals surface area contributed by atoms with Crippen LogP contribution in [0.15, 0.2) is 29.3 Å². The predicted octanol–water partition coefficient (Wildman–Crippen LogP) is 2.86. The van der Waals surface area contributed by atoms with Gasteiger partial charge >= 0.3 is 0 Å². The van der Waals surface area contributed by atoms with Gasteiger partial charge in [-0.2, -0.15) is 0 Å². The van der Waals surface area contributed by atoms with Crippen molar-refractivity contribution in [2.45, 2.75) is 38.8 Å². The minimum Gasteiger partial charge on any atom is -0.487 e. The van der Waals surface area contributed by atoms with Gasteiger partial charge in [-0.3, -0.25) is 0 Å². The summed E-state index contributed by atoms with van der Waals surface area (Å²) in [5.74, 6) is 1.65. The van der Waals surface area contributed by atoms with Crippen LogP contribution < -0.4 is 15.4 Å². The fourth-order valence-electron chi connectivity index (χ4n) is 2.58. The molecular formula is C17H27ClIN3O3S. The largest absolute Gasteiger partial charge is 0.487 e. The summed E-state index contributed by atoms with van der Waals surface area (Å²) in [7, 11) is -2.92. The van der Waals surface area contributed by atoms with Crippen molar-refractivity contribution < 1.29 is 13.2 Å². The van der Waals surface area contributed by atoms with E-state index >= 15 is 0 Å². The lowest BCUT2D eigenvalue weighted by Crippen LogP contribution is -2.44. The lowest BCUT2D eigenvalue weighted by atomic mass is 10.2. The molecule has 1 saturated heterocycles. The average Bonchev–Trinajstić information content (AvgIpc) is 2.91. The molecule has 9 heteroatoms. The maximum absolute atomic E-state index is 11.6. The van der Waals surface area contributed by atoms with E-state index < -0.39 is 9.84 Å². The molecule has 2 rings (SSSR count). The van der Waals surface area contributed by atoms with Gasteiger partial charge in [-0.15, -0.1) is 24.0 Å². The molecule has 0 saturated carbocycles. The van der Waals surface area contributed by atoms with E-state index in [0.29, 0.717) is 36.2 Å². The highest BCUT2D eigenvalue weighted by molar-refractivity contribution is 14.0. The van der Waals surface area contributed by atoms with E-state index in [4.69, 9.17) is 16.3 Å². The van der Waals surface area contributed by atoms with Crippen molar-refractivity contribution in [2.75, 3.05) is 24.6 Å². The number of rotatable bonds is 7. The predicted molar refractivity (Wildman–Crippen MR) is 118 cm³/mol. The first-order valence-electron chi connectivity index (χ1n) is 8.60. The molecule has 0 amide bonds. The second kappa shape index (κ2) is 11.2. The third-order valence-electron chi connectivity index (χ3n) is 3.96. The van der Waals surface area contributed by atoms with Crippen LogP contribution in [0.2, 0.25) is 5.02 Å². The van der Waals surface area contributed by atoms with E-state index in [1.54, 1.807) is 6.07 Å². The van der Waals surface area contributed by atoms with Gasteiger partial charge in [0.1, 0.15) is 11.9 Å². The van der Waals surface area contributed by atoms with Gasteiger partial charge in [0.15, 0.2) is 15.8 Å². The molecule has 1 aliphatic rings. The zero-order valence-corrected chi connectivity index (χ0v) is 19.0. The summed E-state index contributed by atoms with van der Waals surface area (Å²) in [4.78, 5) is 4.55. The molecule has 0 aromatic heterocycles. The Morgan fingerprint density at radius 3 is 2.69 bits per heavy atom. The number of benzene rings is 1.